The molecule has 3 aromatic rings. The van der Waals surface area contributed by atoms with Crippen molar-refractivity contribution in [1.29, 1.82) is 0 Å². The van der Waals surface area contributed by atoms with Gasteiger partial charge >= 0.3 is 0 Å². The normalized spacial score (nSPS) is 17.9. The molecule has 5 rings (SSSR count). The second-order valence-corrected chi connectivity index (χ2v) is 9.42. The Kier molecular flexibility index (Phi) is 7.19. The average molecular weight is 493 g/mol. The number of nitrogens with one attached hydrogen (secondary N) is 1. The van der Waals surface area contributed by atoms with E-state index in [-0.39, 0.29) is 6.04 Å². The number of amides is 1. The largest absolute Gasteiger partial charge is 0.330 e. The SMILES string of the molecule is CCC/C(=C\N=C(C)C1C=CCN1C=O)c1cccc2c(-c3ccc(C4=CN(C)ON4)cc3)cccc12. The van der Waals surface area contributed by atoms with Crippen LogP contribution in [0.5, 0.6) is 0 Å². The molecule has 3 aromatic carbocycles. The Morgan fingerprint density at radius 2 is 1.84 bits per heavy atom. The molecule has 2 heterocycles. The summed E-state index contributed by atoms with van der Waals surface area (Å²) in [6, 6.07) is 21.5. The van der Waals surface area contributed by atoms with E-state index < -0.39 is 0 Å². The third-order valence-electron chi connectivity index (χ3n) is 6.88. The number of benzene rings is 3. The van der Waals surface area contributed by atoms with Gasteiger partial charge in [0.15, 0.2) is 0 Å². The molecule has 0 fully saturated rings. The van der Waals surface area contributed by atoms with Crippen molar-refractivity contribution in [3.63, 3.8) is 0 Å². The van der Waals surface area contributed by atoms with Crippen LogP contribution in [-0.2, 0) is 9.73 Å². The van der Waals surface area contributed by atoms with Crippen LogP contribution in [0.1, 0.15) is 37.8 Å². The highest BCUT2D eigenvalue weighted by molar-refractivity contribution is 6.02. The Morgan fingerprint density at radius 1 is 1.08 bits per heavy atom. The lowest BCUT2D eigenvalue weighted by Gasteiger charge is -2.19. The van der Waals surface area contributed by atoms with Crippen LogP contribution in [0, 0.1) is 0 Å². The zero-order valence-electron chi connectivity index (χ0n) is 21.5. The van der Waals surface area contributed by atoms with Gasteiger partial charge in [0.1, 0.15) is 0 Å². The quantitative estimate of drug-likeness (QED) is 0.232. The molecule has 0 radical (unpaired) electrons. The minimum atomic E-state index is -0.0686. The second kappa shape index (κ2) is 10.8. The summed E-state index contributed by atoms with van der Waals surface area (Å²) in [6.07, 6.45) is 10.8. The summed E-state index contributed by atoms with van der Waals surface area (Å²) in [6.45, 7) is 4.81. The summed E-state index contributed by atoms with van der Waals surface area (Å²) >= 11 is 0. The smallest absolute Gasteiger partial charge is 0.210 e. The standard InChI is InChI=1S/C31H32N4O2/c1-4-8-25(19-32-22(2)31-13-7-18-35(31)21-36)27-10-6-11-28-26(9-5-12-29(27)28)23-14-16-24(17-15-23)30-20-34(3)37-33-30/h5-7,9-17,19-21,31,33H,4,8,18H2,1-3H3/b25-19+,32-22?. The number of hydrogen-bond acceptors (Lipinski definition) is 5. The molecule has 1 unspecified atom stereocenters. The molecular weight excluding hydrogens is 460 g/mol. The Hall–Kier alpha value is -4.16. The Morgan fingerprint density at radius 3 is 2.57 bits per heavy atom. The van der Waals surface area contributed by atoms with Gasteiger partial charge < -0.3 is 4.90 Å². The van der Waals surface area contributed by atoms with Gasteiger partial charge in [-0.1, -0.05) is 86.2 Å². The molecule has 1 atom stereocenters. The molecule has 0 aromatic heterocycles. The van der Waals surface area contributed by atoms with E-state index in [0.29, 0.717) is 6.54 Å². The van der Waals surface area contributed by atoms with Crippen molar-refractivity contribution < 1.29 is 9.73 Å². The number of rotatable bonds is 8. The first-order valence-corrected chi connectivity index (χ1v) is 12.7. The second-order valence-electron chi connectivity index (χ2n) is 9.42. The first-order chi connectivity index (χ1) is 18.1. The molecule has 0 bridgehead atoms. The van der Waals surface area contributed by atoms with Crippen molar-refractivity contribution in [3.05, 3.63) is 96.3 Å². The predicted octanol–water partition coefficient (Wildman–Crippen LogP) is 6.19. The van der Waals surface area contributed by atoms with E-state index in [4.69, 9.17) is 9.93 Å². The summed E-state index contributed by atoms with van der Waals surface area (Å²) in [4.78, 5) is 23.2. The molecule has 6 nitrogen and oxygen atoms in total. The third-order valence-corrected chi connectivity index (χ3v) is 6.88. The lowest BCUT2D eigenvalue weighted by atomic mass is 9.91. The summed E-state index contributed by atoms with van der Waals surface area (Å²) < 4.78 is 0. The molecule has 1 amide bonds. The fraction of sp³-hybridized carbons (Fsp3) is 0.226. The monoisotopic (exact) mass is 492 g/mol. The molecule has 2 aliphatic rings. The number of aliphatic imine (C=N–C) groups is 1. The highest BCUT2D eigenvalue weighted by atomic mass is 16.8. The third kappa shape index (κ3) is 5.06. The van der Waals surface area contributed by atoms with E-state index in [1.54, 1.807) is 9.96 Å². The van der Waals surface area contributed by atoms with Crippen molar-refractivity contribution in [2.45, 2.75) is 32.7 Å². The van der Waals surface area contributed by atoms with Gasteiger partial charge in [0.2, 0.25) is 6.41 Å². The van der Waals surface area contributed by atoms with Crippen molar-refractivity contribution in [3.8, 4) is 11.1 Å². The van der Waals surface area contributed by atoms with Gasteiger partial charge in [-0.2, -0.15) is 4.94 Å². The van der Waals surface area contributed by atoms with Crippen LogP contribution < -0.4 is 5.48 Å². The zero-order valence-corrected chi connectivity index (χ0v) is 21.5. The van der Waals surface area contributed by atoms with E-state index in [2.05, 4.69) is 73.1 Å². The van der Waals surface area contributed by atoms with E-state index >= 15 is 0 Å². The van der Waals surface area contributed by atoms with Gasteiger partial charge in [-0.05, 0) is 46.4 Å². The first-order valence-electron chi connectivity index (χ1n) is 12.7. The predicted molar refractivity (Wildman–Crippen MR) is 151 cm³/mol. The molecule has 2 aliphatic heterocycles. The lowest BCUT2D eigenvalue weighted by Crippen LogP contribution is -2.33. The number of hydroxylamine groups is 3. The first kappa shape index (κ1) is 24.5. The highest BCUT2D eigenvalue weighted by Gasteiger charge is 2.20. The van der Waals surface area contributed by atoms with Crippen molar-refractivity contribution in [2.75, 3.05) is 13.6 Å². The van der Waals surface area contributed by atoms with Gasteiger partial charge in [0, 0.05) is 31.1 Å². The van der Waals surface area contributed by atoms with Gasteiger partial charge in [0.05, 0.1) is 17.9 Å². The zero-order chi connectivity index (χ0) is 25.8. The summed E-state index contributed by atoms with van der Waals surface area (Å²) in [5.74, 6) is 0. The Balaban J connectivity index is 1.51. The van der Waals surface area contributed by atoms with E-state index in [0.717, 1.165) is 41.8 Å². The number of allylic oxidation sites excluding steroid dienone is 1. The summed E-state index contributed by atoms with van der Waals surface area (Å²) in [7, 11) is 1.85. The van der Waals surface area contributed by atoms with Crippen LogP contribution in [0.3, 0.4) is 0 Å². The molecule has 37 heavy (non-hydrogen) atoms. The minimum Gasteiger partial charge on any atom is -0.330 e. The molecule has 0 saturated carbocycles. The van der Waals surface area contributed by atoms with E-state index in [9.17, 15) is 4.79 Å². The molecule has 0 spiro atoms. The fourth-order valence-corrected chi connectivity index (χ4v) is 4.98. The molecule has 6 heteroatoms. The van der Waals surface area contributed by atoms with Crippen LogP contribution >= 0.6 is 0 Å². The van der Waals surface area contributed by atoms with Gasteiger partial charge in [-0.25, -0.2) is 10.5 Å². The maximum absolute atomic E-state index is 11.4. The highest BCUT2D eigenvalue weighted by Crippen LogP contribution is 2.35. The number of hydrogen-bond donors (Lipinski definition) is 1. The Labute approximate surface area is 218 Å². The molecule has 188 valence electrons. The van der Waals surface area contributed by atoms with Crippen LogP contribution in [0.25, 0.3) is 33.2 Å². The van der Waals surface area contributed by atoms with Crippen molar-refractivity contribution in [1.82, 2.24) is 15.4 Å². The molecule has 0 aliphatic carbocycles. The van der Waals surface area contributed by atoms with Gasteiger partial charge in [-0.3, -0.25) is 9.79 Å². The lowest BCUT2D eigenvalue weighted by molar-refractivity contribution is -0.121. The van der Waals surface area contributed by atoms with Crippen LogP contribution in [-0.4, -0.2) is 41.7 Å². The average Bonchev–Trinajstić information content (AvgIpc) is 3.59. The Bertz CT molecular complexity index is 1420. The van der Waals surface area contributed by atoms with E-state index in [1.165, 1.54) is 27.5 Å². The molecule has 1 N–H and O–H groups in total. The summed E-state index contributed by atoms with van der Waals surface area (Å²) in [5.41, 5.74) is 10.6. The summed E-state index contributed by atoms with van der Waals surface area (Å²) in [5, 5.41) is 4.07. The van der Waals surface area contributed by atoms with Crippen LogP contribution in [0.2, 0.25) is 0 Å². The maximum Gasteiger partial charge on any atom is 0.210 e. The number of fused-ring (bicyclic) bond motifs is 1. The topological polar surface area (TPSA) is 57.2 Å². The number of carbonyl (C=O) groups is 1. The van der Waals surface area contributed by atoms with E-state index in [1.807, 2.05) is 38.5 Å². The molecular formula is C31H32N4O2. The van der Waals surface area contributed by atoms with Crippen molar-refractivity contribution >= 4 is 34.2 Å². The fourth-order valence-electron chi connectivity index (χ4n) is 4.98. The number of carbonyl (C=O) groups excluding carboxylic acids is 1. The maximum atomic E-state index is 11.4. The van der Waals surface area contributed by atoms with Crippen LogP contribution in [0.15, 0.2) is 90.2 Å². The minimum absolute atomic E-state index is 0.0686. The van der Waals surface area contributed by atoms with Crippen LogP contribution in [0.4, 0.5) is 0 Å². The van der Waals surface area contributed by atoms with Gasteiger partial charge in [0.25, 0.3) is 0 Å². The number of nitrogens with zero attached hydrogens (tertiary/aromatic N) is 3. The van der Waals surface area contributed by atoms with Gasteiger partial charge in [-0.15, -0.1) is 0 Å². The molecule has 0 saturated heterocycles. The van der Waals surface area contributed by atoms with Crippen molar-refractivity contribution in [2.24, 2.45) is 4.99 Å².